The normalized spacial score (nSPS) is 16.2. The van der Waals surface area contributed by atoms with E-state index in [0.717, 1.165) is 37.1 Å². The fourth-order valence-corrected chi connectivity index (χ4v) is 3.26. The van der Waals surface area contributed by atoms with Gasteiger partial charge in [-0.1, -0.05) is 12.1 Å². The number of benzene rings is 1. The second-order valence-corrected chi connectivity index (χ2v) is 7.76. The highest BCUT2D eigenvalue weighted by atomic mass is 16.6. The lowest BCUT2D eigenvalue weighted by atomic mass is 10.2. The van der Waals surface area contributed by atoms with E-state index in [1.165, 1.54) is 0 Å². The monoisotopic (exact) mass is 360 g/mol. The number of amides is 1. The van der Waals surface area contributed by atoms with Gasteiger partial charge in [-0.3, -0.25) is 9.47 Å². The van der Waals surface area contributed by atoms with Crippen LogP contribution in [0.5, 0.6) is 0 Å². The predicted molar refractivity (Wildman–Crippen MR) is 101 cm³/mol. The molecule has 1 amide bonds. The molecule has 26 heavy (non-hydrogen) atoms. The van der Waals surface area contributed by atoms with Crippen molar-refractivity contribution in [2.45, 2.75) is 39.3 Å². The van der Waals surface area contributed by atoms with Crippen molar-refractivity contribution in [1.82, 2.24) is 19.4 Å². The number of aryl methyl sites for hydroxylation is 1. The van der Waals surface area contributed by atoms with Crippen molar-refractivity contribution in [1.29, 1.82) is 0 Å². The zero-order valence-electron chi connectivity index (χ0n) is 15.8. The third-order valence-electron chi connectivity index (χ3n) is 4.56. The van der Waals surface area contributed by atoms with Crippen molar-refractivity contribution >= 4 is 17.1 Å². The number of aromatic amines is 1. The molecule has 0 atom stereocenters. The minimum atomic E-state index is -0.458. The number of piperazine rings is 1. The molecule has 1 saturated heterocycles. The standard InChI is InChI=1S/C19H28N4O3/c1-19(2,3)26-18(25)22-13-11-21(12-14-22)9-6-10-23-16-8-5-4-7-15(16)20-17(23)24/h4-5,7-8H,6,9-14H2,1-3H3,(H,20,24). The average Bonchev–Trinajstić information content (AvgIpc) is 2.90. The summed E-state index contributed by atoms with van der Waals surface area (Å²) in [5, 5.41) is 0. The number of nitrogens with zero attached hydrogens (tertiary/aromatic N) is 3. The van der Waals surface area contributed by atoms with Gasteiger partial charge in [0, 0.05) is 32.7 Å². The van der Waals surface area contributed by atoms with Gasteiger partial charge in [-0.05, 0) is 45.9 Å². The summed E-state index contributed by atoms with van der Waals surface area (Å²) in [4.78, 5) is 31.2. The molecule has 0 bridgehead atoms. The molecule has 7 nitrogen and oxygen atoms in total. The SMILES string of the molecule is CC(C)(C)OC(=O)N1CCN(CCCn2c(=O)[nH]c3ccccc32)CC1. The van der Waals surface area contributed by atoms with Gasteiger partial charge < -0.3 is 14.6 Å². The van der Waals surface area contributed by atoms with Crippen LogP contribution in [0, 0.1) is 0 Å². The number of rotatable bonds is 4. The Morgan fingerprint density at radius 2 is 1.81 bits per heavy atom. The van der Waals surface area contributed by atoms with Gasteiger partial charge >= 0.3 is 11.8 Å². The summed E-state index contributed by atoms with van der Waals surface area (Å²) in [6, 6.07) is 7.75. The van der Waals surface area contributed by atoms with E-state index in [0.29, 0.717) is 19.6 Å². The van der Waals surface area contributed by atoms with Crippen LogP contribution in [0.15, 0.2) is 29.1 Å². The fraction of sp³-hybridized carbons (Fsp3) is 0.579. The molecule has 1 fully saturated rings. The van der Waals surface area contributed by atoms with Crippen molar-refractivity contribution in [3.63, 3.8) is 0 Å². The van der Waals surface area contributed by atoms with E-state index in [9.17, 15) is 9.59 Å². The number of carbonyl (C=O) groups excluding carboxylic acids is 1. The molecule has 7 heteroatoms. The Hall–Kier alpha value is -2.28. The fourth-order valence-electron chi connectivity index (χ4n) is 3.26. The van der Waals surface area contributed by atoms with E-state index >= 15 is 0 Å². The molecule has 0 radical (unpaired) electrons. The molecule has 0 saturated carbocycles. The molecule has 0 aliphatic carbocycles. The van der Waals surface area contributed by atoms with E-state index in [1.54, 1.807) is 9.47 Å². The third kappa shape index (κ3) is 4.46. The highest BCUT2D eigenvalue weighted by molar-refractivity contribution is 5.74. The van der Waals surface area contributed by atoms with Crippen LogP contribution in [-0.2, 0) is 11.3 Å². The number of aromatic nitrogens is 2. The summed E-state index contributed by atoms with van der Waals surface area (Å²) >= 11 is 0. The van der Waals surface area contributed by atoms with Crippen LogP contribution in [0.3, 0.4) is 0 Å². The molecule has 1 aliphatic heterocycles. The zero-order valence-corrected chi connectivity index (χ0v) is 15.8. The Bertz CT molecular complexity index is 810. The van der Waals surface area contributed by atoms with Crippen LogP contribution in [0.25, 0.3) is 11.0 Å². The van der Waals surface area contributed by atoms with Gasteiger partial charge in [0.15, 0.2) is 0 Å². The number of hydrogen-bond acceptors (Lipinski definition) is 4. The molecular weight excluding hydrogens is 332 g/mol. The predicted octanol–water partition coefficient (Wildman–Crippen LogP) is 2.27. The lowest BCUT2D eigenvalue weighted by Crippen LogP contribution is -2.50. The molecule has 0 spiro atoms. The molecule has 1 aromatic heterocycles. The van der Waals surface area contributed by atoms with Crippen LogP contribution in [-0.4, -0.2) is 63.8 Å². The molecule has 1 N–H and O–H groups in total. The highest BCUT2D eigenvalue weighted by Gasteiger charge is 2.25. The second-order valence-electron chi connectivity index (χ2n) is 7.76. The molecule has 0 unspecified atom stereocenters. The lowest BCUT2D eigenvalue weighted by molar-refractivity contribution is 0.0144. The van der Waals surface area contributed by atoms with Gasteiger partial charge in [0.25, 0.3) is 0 Å². The first-order chi connectivity index (χ1) is 12.3. The number of ether oxygens (including phenoxy) is 1. The minimum absolute atomic E-state index is 0.0547. The summed E-state index contributed by atoms with van der Waals surface area (Å²) in [5.41, 5.74) is 1.32. The van der Waals surface area contributed by atoms with E-state index < -0.39 is 5.60 Å². The number of fused-ring (bicyclic) bond motifs is 1. The summed E-state index contributed by atoms with van der Waals surface area (Å²) < 4.78 is 7.22. The number of hydrogen-bond donors (Lipinski definition) is 1. The van der Waals surface area contributed by atoms with Crippen LogP contribution in [0.4, 0.5) is 4.79 Å². The number of imidazole rings is 1. The molecule has 3 rings (SSSR count). The minimum Gasteiger partial charge on any atom is -0.444 e. The van der Waals surface area contributed by atoms with Crippen molar-refractivity contribution in [2.24, 2.45) is 0 Å². The Morgan fingerprint density at radius 1 is 1.12 bits per heavy atom. The lowest BCUT2D eigenvalue weighted by Gasteiger charge is -2.35. The highest BCUT2D eigenvalue weighted by Crippen LogP contribution is 2.13. The molecule has 1 aliphatic rings. The maximum atomic E-state index is 12.1. The Labute approximate surface area is 153 Å². The van der Waals surface area contributed by atoms with Crippen LogP contribution in [0.1, 0.15) is 27.2 Å². The van der Waals surface area contributed by atoms with Gasteiger partial charge in [0.2, 0.25) is 0 Å². The number of nitrogens with one attached hydrogen (secondary N) is 1. The van der Waals surface area contributed by atoms with Gasteiger partial charge in [-0.2, -0.15) is 0 Å². The number of para-hydroxylation sites is 2. The Balaban J connectivity index is 1.46. The van der Waals surface area contributed by atoms with E-state index in [2.05, 4.69) is 9.88 Å². The summed E-state index contributed by atoms with van der Waals surface area (Å²) in [5.74, 6) is 0. The molecule has 2 aromatic rings. The summed E-state index contributed by atoms with van der Waals surface area (Å²) in [6.45, 7) is 10.3. The molecule has 2 heterocycles. The van der Waals surface area contributed by atoms with Crippen molar-refractivity contribution < 1.29 is 9.53 Å². The number of carbonyl (C=O) groups is 1. The third-order valence-corrected chi connectivity index (χ3v) is 4.56. The molecular formula is C19H28N4O3. The Kier molecular flexibility index (Phi) is 5.36. The Morgan fingerprint density at radius 3 is 2.50 bits per heavy atom. The van der Waals surface area contributed by atoms with E-state index in [1.807, 2.05) is 45.0 Å². The number of H-pyrrole nitrogens is 1. The van der Waals surface area contributed by atoms with Crippen LogP contribution >= 0.6 is 0 Å². The van der Waals surface area contributed by atoms with Crippen molar-refractivity contribution in [3.05, 3.63) is 34.7 Å². The molecule has 1 aromatic carbocycles. The molecule has 142 valence electrons. The first-order valence-electron chi connectivity index (χ1n) is 9.21. The van der Waals surface area contributed by atoms with Gasteiger partial charge in [-0.25, -0.2) is 9.59 Å². The average molecular weight is 360 g/mol. The van der Waals surface area contributed by atoms with Crippen molar-refractivity contribution in [2.75, 3.05) is 32.7 Å². The first-order valence-corrected chi connectivity index (χ1v) is 9.21. The van der Waals surface area contributed by atoms with E-state index in [4.69, 9.17) is 4.74 Å². The topological polar surface area (TPSA) is 70.6 Å². The van der Waals surface area contributed by atoms with Crippen molar-refractivity contribution in [3.8, 4) is 0 Å². The van der Waals surface area contributed by atoms with Crippen LogP contribution in [0.2, 0.25) is 0 Å². The van der Waals surface area contributed by atoms with Gasteiger partial charge in [-0.15, -0.1) is 0 Å². The van der Waals surface area contributed by atoms with E-state index in [-0.39, 0.29) is 11.8 Å². The van der Waals surface area contributed by atoms with Gasteiger partial charge in [0.05, 0.1) is 11.0 Å². The zero-order chi connectivity index (χ0) is 18.7. The second kappa shape index (κ2) is 7.53. The smallest absolute Gasteiger partial charge is 0.410 e. The first kappa shape index (κ1) is 18.5. The summed E-state index contributed by atoms with van der Waals surface area (Å²) in [6.07, 6.45) is 0.663. The quantitative estimate of drug-likeness (QED) is 0.908. The van der Waals surface area contributed by atoms with Crippen LogP contribution < -0.4 is 5.69 Å². The maximum absolute atomic E-state index is 12.1. The summed E-state index contributed by atoms with van der Waals surface area (Å²) in [7, 11) is 0. The maximum Gasteiger partial charge on any atom is 0.410 e. The largest absolute Gasteiger partial charge is 0.444 e. The van der Waals surface area contributed by atoms with Gasteiger partial charge in [0.1, 0.15) is 5.60 Å².